The van der Waals surface area contributed by atoms with Crippen molar-refractivity contribution in [1.29, 1.82) is 0 Å². The van der Waals surface area contributed by atoms with Gasteiger partial charge in [-0.15, -0.1) is 0 Å². The number of hydrogen-bond donors (Lipinski definition) is 3. The minimum absolute atomic E-state index is 0.0558. The van der Waals surface area contributed by atoms with Crippen LogP contribution in [0.1, 0.15) is 54.9 Å². The minimum atomic E-state index is -0.983. The van der Waals surface area contributed by atoms with Crippen molar-refractivity contribution in [1.82, 2.24) is 5.32 Å². The van der Waals surface area contributed by atoms with Crippen LogP contribution >= 0.6 is 0 Å². The van der Waals surface area contributed by atoms with E-state index in [-0.39, 0.29) is 17.2 Å². The Bertz CT molecular complexity index is 285. The first-order valence-electron chi connectivity index (χ1n) is 6.54. The Balaban J connectivity index is 4.74. The molecule has 0 heterocycles. The molecule has 0 fully saturated rings. The van der Waals surface area contributed by atoms with Crippen LogP contribution in [0.5, 0.6) is 0 Å². The fourth-order valence-corrected chi connectivity index (χ4v) is 1.59. The van der Waals surface area contributed by atoms with Crippen LogP contribution in [0.15, 0.2) is 0 Å². The molecule has 4 N–H and O–H groups in total. The summed E-state index contributed by atoms with van der Waals surface area (Å²) in [6.45, 7) is 13.6. The second kappa shape index (κ2) is 5.57. The summed E-state index contributed by atoms with van der Waals surface area (Å²) in [5.41, 5.74) is 4.07. The molecule has 0 aliphatic carbocycles. The lowest BCUT2D eigenvalue weighted by molar-refractivity contribution is -0.130. The van der Waals surface area contributed by atoms with E-state index in [0.717, 1.165) is 6.42 Å². The van der Waals surface area contributed by atoms with E-state index in [9.17, 15) is 9.90 Å². The summed E-state index contributed by atoms with van der Waals surface area (Å²) in [4.78, 5) is 12.2. The number of nitrogens with one attached hydrogen (secondary N) is 1. The Hall–Kier alpha value is -0.610. The van der Waals surface area contributed by atoms with E-state index in [0.29, 0.717) is 6.54 Å². The first kappa shape index (κ1) is 17.4. The Kier molecular flexibility index (Phi) is 5.39. The predicted octanol–water partition coefficient (Wildman–Crippen LogP) is 1.66. The Labute approximate surface area is 111 Å². The van der Waals surface area contributed by atoms with Gasteiger partial charge in [0.2, 0.25) is 5.91 Å². The lowest BCUT2D eigenvalue weighted by atomic mass is 9.82. The largest absolute Gasteiger partial charge is 0.388 e. The summed E-state index contributed by atoms with van der Waals surface area (Å²) >= 11 is 0. The normalized spacial score (nSPS) is 15.4. The van der Waals surface area contributed by atoms with Crippen LogP contribution in [0.25, 0.3) is 0 Å². The van der Waals surface area contributed by atoms with Gasteiger partial charge in [-0.2, -0.15) is 0 Å². The molecule has 1 atom stereocenters. The number of rotatable bonds is 5. The average molecular weight is 258 g/mol. The van der Waals surface area contributed by atoms with Crippen LogP contribution in [0.2, 0.25) is 0 Å². The highest BCUT2D eigenvalue weighted by molar-refractivity contribution is 5.79. The number of hydrogen-bond acceptors (Lipinski definition) is 3. The van der Waals surface area contributed by atoms with Gasteiger partial charge in [-0.3, -0.25) is 4.79 Å². The molecule has 0 aliphatic heterocycles. The van der Waals surface area contributed by atoms with Crippen molar-refractivity contribution in [2.24, 2.45) is 17.1 Å². The Morgan fingerprint density at radius 1 is 1.17 bits per heavy atom. The molecule has 0 aliphatic rings. The maximum absolute atomic E-state index is 12.2. The van der Waals surface area contributed by atoms with Crippen molar-refractivity contribution in [3.63, 3.8) is 0 Å². The lowest BCUT2D eigenvalue weighted by Gasteiger charge is -2.39. The number of nitrogens with two attached hydrogens (primary N) is 1. The second-order valence-corrected chi connectivity index (χ2v) is 7.37. The molecular weight excluding hydrogens is 228 g/mol. The molecule has 0 aromatic heterocycles. The molecule has 0 radical (unpaired) electrons. The third-order valence-corrected chi connectivity index (χ3v) is 3.48. The first-order valence-corrected chi connectivity index (χ1v) is 6.54. The Morgan fingerprint density at radius 2 is 1.61 bits per heavy atom. The quantitative estimate of drug-likeness (QED) is 0.702. The third kappa shape index (κ3) is 5.36. The maximum atomic E-state index is 12.2. The van der Waals surface area contributed by atoms with Gasteiger partial charge in [0.1, 0.15) is 0 Å². The van der Waals surface area contributed by atoms with Gasteiger partial charge in [-0.1, -0.05) is 20.8 Å². The zero-order chi connectivity index (χ0) is 14.8. The summed E-state index contributed by atoms with van der Waals surface area (Å²) in [5, 5.41) is 12.9. The van der Waals surface area contributed by atoms with Crippen LogP contribution in [0.4, 0.5) is 0 Å². The SMILES string of the molecule is CC(C)(C)CC(CN)C(=O)NC(C)(C)C(C)(C)O. The van der Waals surface area contributed by atoms with Gasteiger partial charge in [-0.05, 0) is 39.5 Å². The number of amides is 1. The fourth-order valence-electron chi connectivity index (χ4n) is 1.59. The standard InChI is InChI=1S/C14H30N2O2/c1-12(2,3)8-10(9-15)11(17)16-13(4,5)14(6,7)18/h10,18H,8-9,15H2,1-7H3,(H,16,17). The summed E-state index contributed by atoms with van der Waals surface area (Å²) < 4.78 is 0. The molecule has 4 heteroatoms. The summed E-state index contributed by atoms with van der Waals surface area (Å²) in [7, 11) is 0. The van der Waals surface area contributed by atoms with Crippen LogP contribution in [0.3, 0.4) is 0 Å². The first-order chi connectivity index (χ1) is 7.80. The smallest absolute Gasteiger partial charge is 0.224 e. The highest BCUT2D eigenvalue weighted by Crippen LogP contribution is 2.26. The van der Waals surface area contributed by atoms with Crippen LogP contribution < -0.4 is 11.1 Å². The molecule has 0 bridgehead atoms. The maximum Gasteiger partial charge on any atom is 0.224 e. The number of carbonyl (C=O) groups is 1. The molecule has 18 heavy (non-hydrogen) atoms. The topological polar surface area (TPSA) is 75.4 Å². The van der Waals surface area contributed by atoms with Crippen molar-refractivity contribution < 1.29 is 9.90 Å². The molecule has 0 aromatic rings. The number of aliphatic hydroxyl groups is 1. The molecule has 0 saturated heterocycles. The van der Waals surface area contributed by atoms with E-state index < -0.39 is 11.1 Å². The summed E-state index contributed by atoms with van der Waals surface area (Å²) in [6.07, 6.45) is 0.733. The average Bonchev–Trinajstić information content (AvgIpc) is 2.09. The molecule has 0 aromatic carbocycles. The molecular formula is C14H30N2O2. The molecule has 4 nitrogen and oxygen atoms in total. The van der Waals surface area contributed by atoms with Gasteiger partial charge in [0.15, 0.2) is 0 Å². The summed E-state index contributed by atoms with van der Waals surface area (Å²) in [6, 6.07) is 0. The van der Waals surface area contributed by atoms with E-state index in [1.54, 1.807) is 13.8 Å². The van der Waals surface area contributed by atoms with Crippen LogP contribution in [-0.2, 0) is 4.79 Å². The zero-order valence-electron chi connectivity index (χ0n) is 12.9. The zero-order valence-corrected chi connectivity index (χ0v) is 12.9. The second-order valence-electron chi connectivity index (χ2n) is 7.37. The van der Waals surface area contributed by atoms with E-state index in [2.05, 4.69) is 26.1 Å². The van der Waals surface area contributed by atoms with Crippen LogP contribution in [-0.4, -0.2) is 28.7 Å². The van der Waals surface area contributed by atoms with Crippen molar-refractivity contribution in [3.8, 4) is 0 Å². The predicted molar refractivity (Wildman–Crippen MR) is 75.1 cm³/mol. The molecule has 1 unspecified atom stereocenters. The monoisotopic (exact) mass is 258 g/mol. The lowest BCUT2D eigenvalue weighted by Crippen LogP contribution is -2.59. The van der Waals surface area contributed by atoms with Gasteiger partial charge in [0.05, 0.1) is 17.1 Å². The van der Waals surface area contributed by atoms with E-state index >= 15 is 0 Å². The van der Waals surface area contributed by atoms with Crippen molar-refractivity contribution in [2.45, 2.75) is 66.0 Å². The van der Waals surface area contributed by atoms with Gasteiger partial charge in [0, 0.05) is 6.54 Å². The highest BCUT2D eigenvalue weighted by atomic mass is 16.3. The van der Waals surface area contributed by atoms with E-state index in [1.165, 1.54) is 0 Å². The Morgan fingerprint density at radius 3 is 1.89 bits per heavy atom. The van der Waals surface area contributed by atoms with Crippen LogP contribution in [0, 0.1) is 11.3 Å². The van der Waals surface area contributed by atoms with E-state index in [4.69, 9.17) is 5.73 Å². The molecule has 0 spiro atoms. The summed E-state index contributed by atoms with van der Waals surface area (Å²) in [5.74, 6) is -0.300. The van der Waals surface area contributed by atoms with Crippen molar-refractivity contribution in [2.75, 3.05) is 6.54 Å². The molecule has 0 rings (SSSR count). The highest BCUT2D eigenvalue weighted by Gasteiger charge is 2.38. The van der Waals surface area contributed by atoms with Gasteiger partial charge in [-0.25, -0.2) is 0 Å². The molecule has 1 amide bonds. The van der Waals surface area contributed by atoms with Crippen molar-refractivity contribution >= 4 is 5.91 Å². The number of carbonyl (C=O) groups excluding carboxylic acids is 1. The molecule has 108 valence electrons. The van der Waals surface area contributed by atoms with Gasteiger partial charge < -0.3 is 16.2 Å². The van der Waals surface area contributed by atoms with Gasteiger partial charge in [0.25, 0.3) is 0 Å². The molecule has 0 saturated carbocycles. The fraction of sp³-hybridized carbons (Fsp3) is 0.929. The van der Waals surface area contributed by atoms with Gasteiger partial charge >= 0.3 is 0 Å². The van der Waals surface area contributed by atoms with E-state index in [1.807, 2.05) is 13.8 Å². The third-order valence-electron chi connectivity index (χ3n) is 3.48. The minimum Gasteiger partial charge on any atom is -0.388 e. The van der Waals surface area contributed by atoms with Crippen molar-refractivity contribution in [3.05, 3.63) is 0 Å².